The Morgan fingerprint density at radius 2 is 1.68 bits per heavy atom. The Labute approximate surface area is 150 Å². The molecule has 0 amide bonds. The van der Waals surface area contributed by atoms with Gasteiger partial charge in [-0.25, -0.2) is 0 Å². The summed E-state index contributed by atoms with van der Waals surface area (Å²) in [5.41, 5.74) is 1.81. The van der Waals surface area contributed by atoms with Crippen molar-refractivity contribution in [2.24, 2.45) is 0 Å². The molecule has 2 aromatic carbocycles. The van der Waals surface area contributed by atoms with Gasteiger partial charge in [-0.2, -0.15) is 0 Å². The number of likely N-dealkylation sites (tertiary alicyclic amines) is 1. The second-order valence-electron chi connectivity index (χ2n) is 7.56. The van der Waals surface area contributed by atoms with E-state index < -0.39 is 5.60 Å². The molecule has 1 saturated carbocycles. The van der Waals surface area contributed by atoms with Gasteiger partial charge in [-0.05, 0) is 37.0 Å². The number of fused-ring (bicyclic) bond motifs is 1. The number of nitrogens with zero attached hydrogens (tertiary/aromatic N) is 1. The molecule has 0 radical (unpaired) electrons. The minimum atomic E-state index is -0.638. The fourth-order valence-corrected chi connectivity index (χ4v) is 4.71. The molecule has 0 spiro atoms. The van der Waals surface area contributed by atoms with Crippen LogP contribution in [0.1, 0.15) is 37.7 Å². The van der Waals surface area contributed by atoms with E-state index in [1.165, 1.54) is 12.0 Å². The third-order valence-electron chi connectivity index (χ3n) is 5.97. The van der Waals surface area contributed by atoms with Gasteiger partial charge in [0.1, 0.15) is 5.60 Å². The first-order valence-electron chi connectivity index (χ1n) is 9.58. The average molecular weight is 336 g/mol. The van der Waals surface area contributed by atoms with Gasteiger partial charge >= 0.3 is 0 Å². The first-order valence-corrected chi connectivity index (χ1v) is 9.58. The van der Waals surface area contributed by atoms with E-state index in [1.807, 2.05) is 6.07 Å². The van der Waals surface area contributed by atoms with E-state index in [4.69, 9.17) is 0 Å². The highest BCUT2D eigenvalue weighted by atomic mass is 16.3. The fourth-order valence-electron chi connectivity index (χ4n) is 4.71. The normalized spacial score (nSPS) is 29.8. The first-order chi connectivity index (χ1) is 12.3. The molecule has 0 aromatic heterocycles. The van der Waals surface area contributed by atoms with Crippen LogP contribution < -0.4 is 5.32 Å². The highest BCUT2D eigenvalue weighted by Crippen LogP contribution is 2.40. The number of rotatable bonds is 4. The second kappa shape index (κ2) is 7.19. The van der Waals surface area contributed by atoms with Gasteiger partial charge in [-0.1, -0.05) is 61.4 Å². The molecule has 132 valence electrons. The monoisotopic (exact) mass is 336 g/mol. The Balaban J connectivity index is 1.54. The average Bonchev–Trinajstić information content (AvgIpc) is 2.65. The van der Waals surface area contributed by atoms with Crippen molar-refractivity contribution >= 4 is 5.69 Å². The summed E-state index contributed by atoms with van der Waals surface area (Å²) in [5, 5.41) is 15.3. The summed E-state index contributed by atoms with van der Waals surface area (Å²) in [6, 6.07) is 21.4. The Morgan fingerprint density at radius 1 is 0.960 bits per heavy atom. The maximum Gasteiger partial charge on any atom is 0.100 e. The molecule has 1 saturated heterocycles. The van der Waals surface area contributed by atoms with Crippen LogP contribution in [-0.4, -0.2) is 34.2 Å². The van der Waals surface area contributed by atoms with Crippen LogP contribution in [0, 0.1) is 0 Å². The van der Waals surface area contributed by atoms with E-state index in [0.29, 0.717) is 0 Å². The van der Waals surface area contributed by atoms with E-state index in [1.54, 1.807) is 0 Å². The summed E-state index contributed by atoms with van der Waals surface area (Å²) in [6.45, 7) is 1.97. The van der Waals surface area contributed by atoms with Crippen LogP contribution in [0.2, 0.25) is 0 Å². The summed E-state index contributed by atoms with van der Waals surface area (Å²) in [5.74, 6) is 0. The van der Waals surface area contributed by atoms with Crippen LogP contribution in [0.4, 0.5) is 5.69 Å². The van der Waals surface area contributed by atoms with Gasteiger partial charge in [0.25, 0.3) is 0 Å². The summed E-state index contributed by atoms with van der Waals surface area (Å²) in [6.07, 6.45) is 5.31. The lowest BCUT2D eigenvalue weighted by Gasteiger charge is -2.54. The van der Waals surface area contributed by atoms with Crippen molar-refractivity contribution < 1.29 is 5.11 Å². The molecule has 2 aliphatic rings. The van der Waals surface area contributed by atoms with Crippen molar-refractivity contribution in [3.63, 3.8) is 0 Å². The van der Waals surface area contributed by atoms with Crippen molar-refractivity contribution in [2.45, 2.75) is 56.3 Å². The maximum atomic E-state index is 11.7. The predicted molar refractivity (Wildman–Crippen MR) is 103 cm³/mol. The molecule has 2 aromatic rings. The summed E-state index contributed by atoms with van der Waals surface area (Å²) < 4.78 is 0. The third-order valence-corrected chi connectivity index (χ3v) is 5.97. The van der Waals surface area contributed by atoms with Gasteiger partial charge < -0.3 is 10.4 Å². The van der Waals surface area contributed by atoms with Crippen LogP contribution in [0.5, 0.6) is 0 Å². The molecule has 2 unspecified atom stereocenters. The van der Waals surface area contributed by atoms with Crippen LogP contribution in [-0.2, 0) is 6.54 Å². The topological polar surface area (TPSA) is 35.5 Å². The van der Waals surface area contributed by atoms with Gasteiger partial charge in [0.2, 0.25) is 0 Å². The van der Waals surface area contributed by atoms with Crippen molar-refractivity contribution in [2.75, 3.05) is 11.9 Å². The summed E-state index contributed by atoms with van der Waals surface area (Å²) in [7, 11) is 0. The van der Waals surface area contributed by atoms with Crippen molar-refractivity contribution in [1.29, 1.82) is 0 Å². The molecule has 4 rings (SSSR count). The molecule has 2 fully saturated rings. The van der Waals surface area contributed by atoms with Gasteiger partial charge in [0.15, 0.2) is 0 Å². The lowest BCUT2D eigenvalue weighted by molar-refractivity contribution is -0.114. The number of anilines is 1. The minimum Gasteiger partial charge on any atom is -0.386 e. The van der Waals surface area contributed by atoms with Gasteiger partial charge in [0.05, 0.1) is 6.04 Å². The minimum absolute atomic E-state index is 0.132. The molecule has 0 bridgehead atoms. The fraction of sp³-hybridized carbons (Fsp3) is 0.455. The largest absolute Gasteiger partial charge is 0.386 e. The second-order valence-corrected chi connectivity index (χ2v) is 7.56. The number of aliphatic hydroxyl groups is 1. The zero-order chi connectivity index (χ0) is 17.1. The lowest BCUT2D eigenvalue weighted by atomic mass is 9.71. The number of para-hydroxylation sites is 1. The Morgan fingerprint density at radius 3 is 2.44 bits per heavy atom. The van der Waals surface area contributed by atoms with Gasteiger partial charge in [-0.3, -0.25) is 4.90 Å². The quantitative estimate of drug-likeness (QED) is 0.884. The zero-order valence-electron chi connectivity index (χ0n) is 14.8. The van der Waals surface area contributed by atoms with Gasteiger partial charge in [-0.15, -0.1) is 0 Å². The number of hydrogen-bond donors (Lipinski definition) is 2. The molecular formula is C22H28N2O. The number of nitrogens with one attached hydrogen (secondary N) is 1. The van der Waals surface area contributed by atoms with Gasteiger partial charge in [0, 0.05) is 24.8 Å². The summed E-state index contributed by atoms with van der Waals surface area (Å²) >= 11 is 0. The van der Waals surface area contributed by atoms with E-state index in [-0.39, 0.29) is 12.1 Å². The van der Waals surface area contributed by atoms with E-state index >= 15 is 0 Å². The molecule has 1 aliphatic carbocycles. The molecular weight excluding hydrogens is 308 g/mol. The molecule has 1 heterocycles. The highest BCUT2D eigenvalue weighted by molar-refractivity contribution is 5.44. The molecule has 3 nitrogen and oxygen atoms in total. The molecule has 25 heavy (non-hydrogen) atoms. The number of benzene rings is 2. The van der Waals surface area contributed by atoms with Crippen LogP contribution in [0.3, 0.4) is 0 Å². The summed E-state index contributed by atoms with van der Waals surface area (Å²) in [4.78, 5) is 2.51. The van der Waals surface area contributed by atoms with E-state index in [9.17, 15) is 5.11 Å². The third kappa shape index (κ3) is 3.44. The van der Waals surface area contributed by atoms with Crippen molar-refractivity contribution in [3.05, 3.63) is 66.2 Å². The van der Waals surface area contributed by atoms with E-state index in [0.717, 1.165) is 44.5 Å². The van der Waals surface area contributed by atoms with Crippen molar-refractivity contribution in [1.82, 2.24) is 4.90 Å². The van der Waals surface area contributed by atoms with Crippen LogP contribution in [0.25, 0.3) is 0 Å². The molecule has 3 atom stereocenters. The Hall–Kier alpha value is -1.84. The zero-order valence-corrected chi connectivity index (χ0v) is 14.8. The molecule has 3 heteroatoms. The SMILES string of the molecule is OC12CCCC[C@@H]1N(Cc1ccccc1)CCC2Nc1ccccc1. The smallest absolute Gasteiger partial charge is 0.100 e. The first kappa shape index (κ1) is 16.6. The lowest BCUT2D eigenvalue weighted by Crippen LogP contribution is -2.66. The Kier molecular flexibility index (Phi) is 4.78. The standard InChI is InChI=1S/C22H28N2O/c25-22-15-8-7-13-21(22)24(17-18-9-3-1-4-10-18)16-14-20(22)23-19-11-5-2-6-12-19/h1-6,9-12,20-21,23,25H,7-8,13-17H2/t20?,21-,22?/m0/s1. The molecule has 1 aliphatic heterocycles. The Bertz CT molecular complexity index is 675. The molecule has 2 N–H and O–H groups in total. The van der Waals surface area contributed by atoms with Crippen molar-refractivity contribution in [3.8, 4) is 0 Å². The number of piperidine rings is 1. The van der Waals surface area contributed by atoms with Crippen LogP contribution >= 0.6 is 0 Å². The van der Waals surface area contributed by atoms with E-state index in [2.05, 4.69) is 64.8 Å². The predicted octanol–water partition coefficient (Wildman–Crippen LogP) is 4.05. The van der Waals surface area contributed by atoms with Crippen LogP contribution in [0.15, 0.2) is 60.7 Å². The highest BCUT2D eigenvalue weighted by Gasteiger charge is 2.50. The maximum absolute atomic E-state index is 11.7. The number of hydrogen-bond acceptors (Lipinski definition) is 3.